The van der Waals surface area contributed by atoms with Crippen molar-refractivity contribution in [2.45, 2.75) is 52.4 Å². The summed E-state index contributed by atoms with van der Waals surface area (Å²) in [4.78, 5) is 38.6. The summed E-state index contributed by atoms with van der Waals surface area (Å²) >= 11 is 0. The molecule has 0 unspecified atom stereocenters. The van der Waals surface area contributed by atoms with Crippen LogP contribution in [0.2, 0.25) is 0 Å². The van der Waals surface area contributed by atoms with E-state index in [1.54, 1.807) is 4.90 Å². The summed E-state index contributed by atoms with van der Waals surface area (Å²) in [5.74, 6) is 1.63. The maximum absolute atomic E-state index is 13.0. The molecule has 1 fully saturated rings. The summed E-state index contributed by atoms with van der Waals surface area (Å²) in [5.41, 5.74) is 4.60. The van der Waals surface area contributed by atoms with Crippen molar-refractivity contribution in [3.05, 3.63) is 5.82 Å². The number of anilines is 2. The highest BCUT2D eigenvalue weighted by Crippen LogP contribution is 2.40. The molecule has 1 aromatic rings. The molecule has 10 nitrogen and oxygen atoms in total. The van der Waals surface area contributed by atoms with Gasteiger partial charge in [0, 0.05) is 20.5 Å². The van der Waals surface area contributed by atoms with Crippen LogP contribution in [0.15, 0.2) is 0 Å². The fourth-order valence-electron chi connectivity index (χ4n) is 3.51. The van der Waals surface area contributed by atoms with Crippen LogP contribution >= 0.6 is 0 Å². The monoisotopic (exact) mass is 393 g/mol. The summed E-state index contributed by atoms with van der Waals surface area (Å²) in [6.07, 6.45) is 4.99. The normalized spacial score (nSPS) is 21.7. The van der Waals surface area contributed by atoms with Crippen molar-refractivity contribution in [3.8, 4) is 0 Å². The third-order valence-corrected chi connectivity index (χ3v) is 5.38. The van der Waals surface area contributed by atoms with E-state index in [1.807, 2.05) is 21.0 Å². The van der Waals surface area contributed by atoms with E-state index in [1.165, 1.54) is 0 Å². The quantitative estimate of drug-likeness (QED) is 0.327. The zero-order chi connectivity index (χ0) is 20.7. The summed E-state index contributed by atoms with van der Waals surface area (Å²) < 4.78 is 0. The summed E-state index contributed by atoms with van der Waals surface area (Å²) in [5, 5.41) is 10.3. The van der Waals surface area contributed by atoms with E-state index in [0.717, 1.165) is 19.3 Å². The van der Waals surface area contributed by atoms with Gasteiger partial charge < -0.3 is 4.90 Å². The first-order chi connectivity index (χ1) is 13.3. The van der Waals surface area contributed by atoms with E-state index in [-0.39, 0.29) is 18.4 Å². The molecule has 0 radical (unpaired) electrons. The standard InChI is InChI=1S/C18H31N7O3/c1-5-13-7-9-18(10-8-13,11-25(28)12-26)15(27)22-23-16-19-14(6-2)20-17(21-16)24(3)4/h12-13,28H,5-11H2,1-4H3,(H,22,27)(H,19,20,21,23). The second kappa shape index (κ2) is 9.63. The van der Waals surface area contributed by atoms with Gasteiger partial charge in [-0.25, -0.2) is 5.06 Å². The van der Waals surface area contributed by atoms with Crippen LogP contribution in [0.5, 0.6) is 0 Å². The molecule has 28 heavy (non-hydrogen) atoms. The van der Waals surface area contributed by atoms with Crippen LogP contribution in [-0.4, -0.2) is 58.2 Å². The van der Waals surface area contributed by atoms with Gasteiger partial charge in [-0.15, -0.1) is 0 Å². The number of hydrogen-bond acceptors (Lipinski definition) is 8. The minimum Gasteiger partial charge on any atom is -0.347 e. The molecule has 0 spiro atoms. The molecule has 1 heterocycles. The number of nitrogens with zero attached hydrogens (tertiary/aromatic N) is 5. The van der Waals surface area contributed by atoms with Crippen LogP contribution in [0, 0.1) is 11.3 Å². The number of carbonyl (C=O) groups is 2. The lowest BCUT2D eigenvalue weighted by Crippen LogP contribution is -2.51. The number of nitrogens with one attached hydrogen (secondary N) is 2. The third-order valence-electron chi connectivity index (χ3n) is 5.38. The van der Waals surface area contributed by atoms with Crippen LogP contribution < -0.4 is 15.8 Å². The molecule has 0 atom stereocenters. The number of amides is 2. The van der Waals surface area contributed by atoms with E-state index >= 15 is 0 Å². The van der Waals surface area contributed by atoms with Gasteiger partial charge in [0.15, 0.2) is 0 Å². The minimum absolute atomic E-state index is 0.0409. The van der Waals surface area contributed by atoms with Crippen LogP contribution in [0.3, 0.4) is 0 Å². The Labute approximate surface area is 165 Å². The minimum atomic E-state index is -0.848. The molecular formula is C18H31N7O3. The predicted molar refractivity (Wildman–Crippen MR) is 105 cm³/mol. The zero-order valence-corrected chi connectivity index (χ0v) is 17.1. The van der Waals surface area contributed by atoms with Crippen molar-refractivity contribution < 1.29 is 14.8 Å². The van der Waals surface area contributed by atoms with Crippen LogP contribution in [0.25, 0.3) is 0 Å². The molecule has 0 aliphatic heterocycles. The molecule has 0 bridgehead atoms. The number of hydroxylamine groups is 2. The largest absolute Gasteiger partial charge is 0.347 e. The van der Waals surface area contributed by atoms with Gasteiger partial charge in [0.05, 0.1) is 12.0 Å². The smallest absolute Gasteiger partial charge is 0.246 e. The average Bonchev–Trinajstić information content (AvgIpc) is 2.71. The number of carbonyl (C=O) groups excluding carboxylic acids is 2. The molecule has 0 saturated heterocycles. The number of aryl methyl sites for hydroxylation is 1. The van der Waals surface area contributed by atoms with E-state index in [0.29, 0.717) is 48.4 Å². The summed E-state index contributed by atoms with van der Waals surface area (Å²) in [6.45, 7) is 4.03. The van der Waals surface area contributed by atoms with Gasteiger partial charge in [0.1, 0.15) is 5.82 Å². The first kappa shape index (κ1) is 21.8. The van der Waals surface area contributed by atoms with Crippen molar-refractivity contribution >= 4 is 24.2 Å². The zero-order valence-electron chi connectivity index (χ0n) is 17.1. The SMILES string of the molecule is CCc1nc(NNC(=O)C2(CN(O)C=O)CCC(CC)CC2)nc(N(C)C)n1. The van der Waals surface area contributed by atoms with Crippen molar-refractivity contribution in [1.82, 2.24) is 25.4 Å². The Hall–Kier alpha value is -2.49. The van der Waals surface area contributed by atoms with Gasteiger partial charge in [-0.2, -0.15) is 15.0 Å². The van der Waals surface area contributed by atoms with Crippen molar-refractivity contribution in [2.75, 3.05) is 31.0 Å². The Morgan fingerprint density at radius 2 is 1.93 bits per heavy atom. The molecular weight excluding hydrogens is 362 g/mol. The third kappa shape index (κ3) is 5.28. The van der Waals surface area contributed by atoms with Gasteiger partial charge in [-0.05, 0) is 31.6 Å². The summed E-state index contributed by atoms with van der Waals surface area (Å²) in [6, 6.07) is 0. The fraction of sp³-hybridized carbons (Fsp3) is 0.722. The molecule has 156 valence electrons. The van der Waals surface area contributed by atoms with Crippen molar-refractivity contribution in [2.24, 2.45) is 11.3 Å². The molecule has 2 amide bonds. The topological polar surface area (TPSA) is 124 Å². The molecule has 2 rings (SSSR count). The highest BCUT2D eigenvalue weighted by atomic mass is 16.5. The van der Waals surface area contributed by atoms with Gasteiger partial charge >= 0.3 is 0 Å². The number of rotatable bonds is 9. The molecule has 10 heteroatoms. The Balaban J connectivity index is 2.13. The molecule has 1 aliphatic rings. The van der Waals surface area contributed by atoms with Crippen molar-refractivity contribution in [1.29, 1.82) is 0 Å². The van der Waals surface area contributed by atoms with E-state index < -0.39 is 5.41 Å². The van der Waals surface area contributed by atoms with Gasteiger partial charge in [-0.3, -0.25) is 25.6 Å². The second-order valence-corrected chi connectivity index (χ2v) is 7.54. The van der Waals surface area contributed by atoms with E-state index in [4.69, 9.17) is 0 Å². The van der Waals surface area contributed by atoms with Crippen LogP contribution in [0.1, 0.15) is 51.8 Å². The van der Waals surface area contributed by atoms with E-state index in [9.17, 15) is 14.8 Å². The van der Waals surface area contributed by atoms with Gasteiger partial charge in [0.2, 0.25) is 24.2 Å². The van der Waals surface area contributed by atoms with Crippen LogP contribution in [-0.2, 0) is 16.0 Å². The maximum atomic E-state index is 13.0. The van der Waals surface area contributed by atoms with E-state index in [2.05, 4.69) is 32.7 Å². The first-order valence-corrected chi connectivity index (χ1v) is 9.73. The number of hydrazine groups is 1. The predicted octanol–water partition coefficient (Wildman–Crippen LogP) is 1.38. The van der Waals surface area contributed by atoms with Gasteiger partial charge in [-0.1, -0.05) is 20.3 Å². The fourth-order valence-corrected chi connectivity index (χ4v) is 3.51. The second-order valence-electron chi connectivity index (χ2n) is 7.54. The van der Waals surface area contributed by atoms with Crippen LogP contribution in [0.4, 0.5) is 11.9 Å². The lowest BCUT2D eigenvalue weighted by atomic mass is 9.69. The highest BCUT2D eigenvalue weighted by Gasteiger charge is 2.43. The Morgan fingerprint density at radius 3 is 2.46 bits per heavy atom. The Bertz CT molecular complexity index is 675. The summed E-state index contributed by atoms with van der Waals surface area (Å²) in [7, 11) is 3.65. The average molecular weight is 393 g/mol. The molecule has 1 aromatic heterocycles. The van der Waals surface area contributed by atoms with Crippen molar-refractivity contribution in [3.63, 3.8) is 0 Å². The first-order valence-electron chi connectivity index (χ1n) is 9.73. The highest BCUT2D eigenvalue weighted by molar-refractivity contribution is 5.84. The molecule has 3 N–H and O–H groups in total. The number of hydrogen-bond donors (Lipinski definition) is 3. The number of aromatic nitrogens is 3. The lowest BCUT2D eigenvalue weighted by molar-refractivity contribution is -0.163. The molecule has 1 aliphatic carbocycles. The Morgan fingerprint density at radius 1 is 1.25 bits per heavy atom. The maximum Gasteiger partial charge on any atom is 0.246 e. The Kier molecular flexibility index (Phi) is 7.50. The molecule has 1 saturated carbocycles. The lowest BCUT2D eigenvalue weighted by Gasteiger charge is -2.39. The van der Waals surface area contributed by atoms with Gasteiger partial charge in [0.25, 0.3) is 0 Å². The molecule has 0 aromatic carbocycles.